The predicted octanol–water partition coefficient (Wildman–Crippen LogP) is 3.75. The second kappa shape index (κ2) is 7.38. The lowest BCUT2D eigenvalue weighted by atomic mass is 9.80. The monoisotopic (exact) mass is 241 g/mol. The topological polar surface area (TPSA) is 21.3 Å². The molecule has 0 heterocycles. The Hall–Kier alpha value is -0.0800. The summed E-state index contributed by atoms with van der Waals surface area (Å²) in [5, 5.41) is 3.50. The molecule has 17 heavy (non-hydrogen) atoms. The van der Waals surface area contributed by atoms with Gasteiger partial charge in [-0.25, -0.2) is 0 Å². The first kappa shape index (κ1) is 15.0. The average Bonchev–Trinajstić information content (AvgIpc) is 2.37. The maximum absolute atomic E-state index is 6.01. The summed E-state index contributed by atoms with van der Waals surface area (Å²) in [6.07, 6.45) is 9.50. The molecule has 0 aromatic carbocycles. The van der Waals surface area contributed by atoms with Gasteiger partial charge < -0.3 is 10.1 Å². The fourth-order valence-electron chi connectivity index (χ4n) is 3.21. The minimum Gasteiger partial charge on any atom is -0.374 e. The fraction of sp³-hybridized carbons (Fsp3) is 1.00. The van der Waals surface area contributed by atoms with Crippen molar-refractivity contribution in [1.82, 2.24) is 5.32 Å². The molecule has 102 valence electrons. The van der Waals surface area contributed by atoms with Gasteiger partial charge in [0.25, 0.3) is 0 Å². The molecule has 1 aliphatic carbocycles. The average molecular weight is 241 g/mol. The van der Waals surface area contributed by atoms with Crippen molar-refractivity contribution in [2.75, 3.05) is 13.7 Å². The predicted molar refractivity (Wildman–Crippen MR) is 74.4 cm³/mol. The summed E-state index contributed by atoms with van der Waals surface area (Å²) in [6.45, 7) is 7.41. The van der Waals surface area contributed by atoms with Crippen LogP contribution in [0.25, 0.3) is 0 Å². The molecule has 1 fully saturated rings. The Morgan fingerprint density at radius 1 is 1.24 bits per heavy atom. The summed E-state index contributed by atoms with van der Waals surface area (Å²) in [5.74, 6) is 0.910. The zero-order chi connectivity index (χ0) is 12.7. The summed E-state index contributed by atoms with van der Waals surface area (Å²) < 4.78 is 6.01. The van der Waals surface area contributed by atoms with Crippen LogP contribution >= 0.6 is 0 Å². The van der Waals surface area contributed by atoms with Gasteiger partial charge in [-0.15, -0.1) is 0 Å². The van der Waals surface area contributed by atoms with Crippen LogP contribution in [-0.4, -0.2) is 25.3 Å². The van der Waals surface area contributed by atoms with Crippen LogP contribution in [0.4, 0.5) is 0 Å². The van der Waals surface area contributed by atoms with Crippen molar-refractivity contribution in [2.45, 2.75) is 77.4 Å². The van der Waals surface area contributed by atoms with E-state index >= 15 is 0 Å². The first-order valence-corrected chi connectivity index (χ1v) is 7.47. The lowest BCUT2D eigenvalue weighted by Gasteiger charge is -2.39. The molecule has 2 nitrogen and oxygen atoms in total. The molecule has 1 rings (SSSR count). The normalized spacial score (nSPS) is 23.3. The van der Waals surface area contributed by atoms with Crippen LogP contribution in [0.3, 0.4) is 0 Å². The van der Waals surface area contributed by atoms with E-state index in [4.69, 9.17) is 4.74 Å². The SMILES string of the molecule is CCOC(C)(CC)C(CC1CCCCC1)NC. The lowest BCUT2D eigenvalue weighted by molar-refractivity contribution is -0.0595. The number of hydrogen-bond donors (Lipinski definition) is 1. The Balaban J connectivity index is 2.55. The Labute approximate surface area is 108 Å². The van der Waals surface area contributed by atoms with Gasteiger partial charge >= 0.3 is 0 Å². The van der Waals surface area contributed by atoms with Crippen molar-refractivity contribution in [1.29, 1.82) is 0 Å². The largest absolute Gasteiger partial charge is 0.374 e. The molecule has 0 saturated heterocycles. The van der Waals surface area contributed by atoms with Gasteiger partial charge in [0.05, 0.1) is 5.60 Å². The van der Waals surface area contributed by atoms with Gasteiger partial charge in [0.15, 0.2) is 0 Å². The first-order chi connectivity index (χ1) is 8.16. The van der Waals surface area contributed by atoms with Crippen LogP contribution in [0.15, 0.2) is 0 Å². The molecule has 1 aliphatic rings. The van der Waals surface area contributed by atoms with E-state index in [1.165, 1.54) is 38.5 Å². The smallest absolute Gasteiger partial charge is 0.0803 e. The van der Waals surface area contributed by atoms with Crippen molar-refractivity contribution >= 4 is 0 Å². The van der Waals surface area contributed by atoms with Crippen LogP contribution in [0, 0.1) is 5.92 Å². The third-order valence-corrected chi connectivity index (χ3v) is 4.56. The molecular weight excluding hydrogens is 210 g/mol. The summed E-state index contributed by atoms with van der Waals surface area (Å²) in [4.78, 5) is 0. The van der Waals surface area contributed by atoms with Gasteiger partial charge in [0.1, 0.15) is 0 Å². The number of likely N-dealkylation sites (N-methyl/N-ethyl adjacent to an activating group) is 1. The van der Waals surface area contributed by atoms with Crippen LogP contribution < -0.4 is 5.32 Å². The van der Waals surface area contributed by atoms with E-state index in [0.717, 1.165) is 18.9 Å². The summed E-state index contributed by atoms with van der Waals surface area (Å²) in [6, 6.07) is 0.496. The zero-order valence-electron chi connectivity index (χ0n) is 12.2. The second-order valence-electron chi connectivity index (χ2n) is 5.68. The van der Waals surface area contributed by atoms with Crippen molar-refractivity contribution in [3.63, 3.8) is 0 Å². The highest BCUT2D eigenvalue weighted by atomic mass is 16.5. The van der Waals surface area contributed by atoms with E-state index in [-0.39, 0.29) is 5.60 Å². The van der Waals surface area contributed by atoms with Gasteiger partial charge in [-0.2, -0.15) is 0 Å². The zero-order valence-corrected chi connectivity index (χ0v) is 12.2. The fourth-order valence-corrected chi connectivity index (χ4v) is 3.21. The molecule has 1 N–H and O–H groups in total. The van der Waals surface area contributed by atoms with E-state index in [9.17, 15) is 0 Å². The molecule has 2 heteroatoms. The molecule has 0 aromatic rings. The Morgan fingerprint density at radius 2 is 1.88 bits per heavy atom. The van der Waals surface area contributed by atoms with Crippen molar-refractivity contribution < 1.29 is 4.74 Å². The van der Waals surface area contributed by atoms with E-state index in [1.807, 2.05) is 0 Å². The van der Waals surface area contributed by atoms with E-state index < -0.39 is 0 Å². The molecule has 2 atom stereocenters. The summed E-state index contributed by atoms with van der Waals surface area (Å²) >= 11 is 0. The molecule has 0 bridgehead atoms. The molecule has 0 radical (unpaired) electrons. The molecule has 0 aromatic heterocycles. The standard InChI is InChI=1S/C15H31NO/c1-5-15(3,17-6-2)14(16-4)12-13-10-8-7-9-11-13/h13-14,16H,5-12H2,1-4H3. The third-order valence-electron chi connectivity index (χ3n) is 4.56. The highest BCUT2D eigenvalue weighted by molar-refractivity contribution is 4.89. The maximum Gasteiger partial charge on any atom is 0.0803 e. The van der Waals surface area contributed by atoms with Gasteiger partial charge in [-0.3, -0.25) is 0 Å². The van der Waals surface area contributed by atoms with Crippen LogP contribution in [0.2, 0.25) is 0 Å². The number of nitrogens with one attached hydrogen (secondary N) is 1. The van der Waals surface area contributed by atoms with Crippen molar-refractivity contribution in [3.05, 3.63) is 0 Å². The van der Waals surface area contributed by atoms with E-state index in [1.54, 1.807) is 0 Å². The third kappa shape index (κ3) is 4.26. The van der Waals surface area contributed by atoms with Gasteiger partial charge in [-0.05, 0) is 39.7 Å². The first-order valence-electron chi connectivity index (χ1n) is 7.47. The Kier molecular flexibility index (Phi) is 6.50. The van der Waals surface area contributed by atoms with Crippen molar-refractivity contribution in [2.24, 2.45) is 5.92 Å². The van der Waals surface area contributed by atoms with Crippen LogP contribution in [0.1, 0.15) is 65.7 Å². The summed E-state index contributed by atoms with van der Waals surface area (Å²) in [7, 11) is 2.08. The van der Waals surface area contributed by atoms with Crippen LogP contribution in [-0.2, 0) is 4.74 Å². The molecule has 2 unspecified atom stereocenters. The maximum atomic E-state index is 6.01. The Bertz CT molecular complexity index is 201. The lowest BCUT2D eigenvalue weighted by Crippen LogP contribution is -2.50. The van der Waals surface area contributed by atoms with Gasteiger partial charge in [0, 0.05) is 12.6 Å². The minimum atomic E-state index is 0.000940. The van der Waals surface area contributed by atoms with E-state index in [2.05, 4.69) is 33.1 Å². The minimum absolute atomic E-state index is 0.000940. The van der Waals surface area contributed by atoms with Crippen molar-refractivity contribution in [3.8, 4) is 0 Å². The molecule has 0 spiro atoms. The molecule has 0 amide bonds. The quantitative estimate of drug-likeness (QED) is 0.733. The number of rotatable bonds is 7. The Morgan fingerprint density at radius 3 is 2.35 bits per heavy atom. The molecule has 1 saturated carbocycles. The highest BCUT2D eigenvalue weighted by Crippen LogP contribution is 2.32. The van der Waals surface area contributed by atoms with Crippen LogP contribution in [0.5, 0.6) is 0 Å². The number of hydrogen-bond acceptors (Lipinski definition) is 2. The van der Waals surface area contributed by atoms with E-state index in [0.29, 0.717) is 6.04 Å². The molecule has 0 aliphatic heterocycles. The summed E-state index contributed by atoms with van der Waals surface area (Å²) in [5.41, 5.74) is 0.000940. The van der Waals surface area contributed by atoms with Gasteiger partial charge in [-0.1, -0.05) is 39.0 Å². The van der Waals surface area contributed by atoms with Gasteiger partial charge in [0.2, 0.25) is 0 Å². The molecular formula is C15H31NO. The second-order valence-corrected chi connectivity index (χ2v) is 5.68. The number of ether oxygens (including phenoxy) is 1. The highest BCUT2D eigenvalue weighted by Gasteiger charge is 2.34.